The number of anilines is 1. The second kappa shape index (κ2) is 3.18. The van der Waals surface area contributed by atoms with Gasteiger partial charge in [0.2, 0.25) is 0 Å². The van der Waals surface area contributed by atoms with Crippen molar-refractivity contribution < 1.29 is 0 Å². The van der Waals surface area contributed by atoms with Crippen molar-refractivity contribution in [2.75, 3.05) is 5.73 Å². The minimum absolute atomic E-state index is 0.784. The van der Waals surface area contributed by atoms with E-state index < -0.39 is 0 Å². The highest BCUT2D eigenvalue weighted by Crippen LogP contribution is 2.15. The molecular weight excluding hydrogens is 174 g/mol. The summed E-state index contributed by atoms with van der Waals surface area (Å²) in [6.45, 7) is 4.00. The summed E-state index contributed by atoms with van der Waals surface area (Å²) in [5.41, 5.74) is 9.78. The topological polar surface area (TPSA) is 43.8 Å². The van der Waals surface area contributed by atoms with E-state index in [-0.39, 0.29) is 0 Å². The van der Waals surface area contributed by atoms with E-state index in [1.165, 1.54) is 0 Å². The van der Waals surface area contributed by atoms with E-state index in [4.69, 9.17) is 5.73 Å². The fourth-order valence-corrected chi connectivity index (χ4v) is 1.50. The number of hydrogen-bond donors (Lipinski definition) is 1. The average Bonchev–Trinajstić information content (AvgIpc) is 2.50. The fraction of sp³-hybridized carbons (Fsp3) is 0.182. The molecule has 0 amide bonds. The van der Waals surface area contributed by atoms with E-state index in [0.29, 0.717) is 0 Å². The lowest BCUT2D eigenvalue weighted by Gasteiger charge is -2.04. The predicted octanol–water partition coefficient (Wildman–Crippen LogP) is 2.07. The molecule has 2 aromatic rings. The number of hydrogen-bond acceptors (Lipinski definition) is 2. The number of aromatic nitrogens is 2. The van der Waals surface area contributed by atoms with E-state index >= 15 is 0 Å². The van der Waals surface area contributed by atoms with Gasteiger partial charge in [-0.05, 0) is 37.6 Å². The largest absolute Gasteiger partial charge is 0.399 e. The van der Waals surface area contributed by atoms with Crippen molar-refractivity contribution in [1.29, 1.82) is 0 Å². The molecule has 0 spiro atoms. The Morgan fingerprint density at radius 3 is 2.57 bits per heavy atom. The second-order valence-corrected chi connectivity index (χ2v) is 3.52. The Morgan fingerprint density at radius 2 is 2.00 bits per heavy atom. The van der Waals surface area contributed by atoms with Crippen LogP contribution in [0, 0.1) is 13.8 Å². The summed E-state index contributed by atoms with van der Waals surface area (Å²) in [4.78, 5) is 4.17. The monoisotopic (exact) mass is 187 g/mol. The van der Waals surface area contributed by atoms with Gasteiger partial charge in [-0.25, -0.2) is 4.98 Å². The number of nitrogens with two attached hydrogens (primary N) is 1. The highest BCUT2D eigenvalue weighted by atomic mass is 15.0. The van der Waals surface area contributed by atoms with Crippen LogP contribution in [0.2, 0.25) is 0 Å². The lowest BCUT2D eigenvalue weighted by atomic mass is 10.2. The van der Waals surface area contributed by atoms with Gasteiger partial charge in [0.15, 0.2) is 0 Å². The highest BCUT2D eigenvalue weighted by Gasteiger charge is 1.99. The van der Waals surface area contributed by atoms with Gasteiger partial charge in [0.1, 0.15) is 0 Å². The van der Waals surface area contributed by atoms with Gasteiger partial charge in [-0.3, -0.25) is 0 Å². The van der Waals surface area contributed by atoms with Crippen LogP contribution >= 0.6 is 0 Å². The third kappa shape index (κ3) is 1.62. The van der Waals surface area contributed by atoms with Crippen LogP contribution < -0.4 is 5.73 Å². The molecule has 0 unspecified atom stereocenters. The van der Waals surface area contributed by atoms with Gasteiger partial charge >= 0.3 is 0 Å². The molecule has 72 valence electrons. The van der Waals surface area contributed by atoms with Crippen LogP contribution in [-0.4, -0.2) is 9.55 Å². The zero-order valence-electron chi connectivity index (χ0n) is 8.36. The molecule has 0 radical (unpaired) electrons. The third-order valence-electron chi connectivity index (χ3n) is 2.09. The molecule has 0 aliphatic rings. The first-order valence-corrected chi connectivity index (χ1v) is 4.53. The molecule has 1 heterocycles. The molecule has 0 saturated carbocycles. The first-order valence-electron chi connectivity index (χ1n) is 4.53. The Morgan fingerprint density at radius 1 is 1.21 bits per heavy atom. The number of benzene rings is 1. The van der Waals surface area contributed by atoms with Crippen LogP contribution in [0.1, 0.15) is 11.3 Å². The average molecular weight is 187 g/mol. The van der Waals surface area contributed by atoms with Gasteiger partial charge in [0.25, 0.3) is 0 Å². The first-order chi connectivity index (χ1) is 6.65. The predicted molar refractivity (Wildman–Crippen MR) is 57.5 cm³/mol. The Bertz CT molecular complexity index is 437. The van der Waals surface area contributed by atoms with Crippen LogP contribution in [0.15, 0.2) is 30.7 Å². The van der Waals surface area contributed by atoms with E-state index in [1.807, 2.05) is 36.7 Å². The summed E-state index contributed by atoms with van der Waals surface area (Å²) in [5.74, 6) is 0. The summed E-state index contributed by atoms with van der Waals surface area (Å²) in [5, 5.41) is 0. The van der Waals surface area contributed by atoms with Gasteiger partial charge in [-0.1, -0.05) is 0 Å². The maximum atomic E-state index is 5.77. The van der Waals surface area contributed by atoms with E-state index in [1.54, 1.807) is 6.33 Å². The first kappa shape index (κ1) is 8.81. The van der Waals surface area contributed by atoms with Crippen LogP contribution in [-0.2, 0) is 0 Å². The normalized spacial score (nSPS) is 10.4. The SMILES string of the molecule is Cc1cc(N)cc(-n2cnc(C)c2)c1. The Kier molecular flexibility index (Phi) is 2.00. The number of nitrogens with zero attached hydrogens (tertiary/aromatic N) is 2. The minimum atomic E-state index is 0.784. The smallest absolute Gasteiger partial charge is 0.0995 e. The number of imidazole rings is 1. The lowest BCUT2D eigenvalue weighted by Crippen LogP contribution is -1.94. The molecule has 0 saturated heterocycles. The van der Waals surface area contributed by atoms with Crippen molar-refractivity contribution in [3.8, 4) is 5.69 Å². The summed E-state index contributed by atoms with van der Waals surface area (Å²) in [7, 11) is 0. The van der Waals surface area contributed by atoms with Gasteiger partial charge in [-0.15, -0.1) is 0 Å². The molecule has 14 heavy (non-hydrogen) atoms. The van der Waals surface area contributed by atoms with Crippen molar-refractivity contribution in [2.45, 2.75) is 13.8 Å². The molecule has 0 atom stereocenters. The van der Waals surface area contributed by atoms with Gasteiger partial charge < -0.3 is 10.3 Å². The number of rotatable bonds is 1. The standard InChI is InChI=1S/C11H13N3/c1-8-3-10(12)5-11(4-8)14-6-9(2)13-7-14/h3-7H,12H2,1-2H3. The van der Waals surface area contributed by atoms with Crippen molar-refractivity contribution in [1.82, 2.24) is 9.55 Å². The van der Waals surface area contributed by atoms with Crippen molar-refractivity contribution >= 4 is 5.69 Å². The summed E-state index contributed by atoms with van der Waals surface area (Å²) in [6, 6.07) is 5.97. The molecule has 2 rings (SSSR count). The van der Waals surface area contributed by atoms with E-state index in [0.717, 1.165) is 22.6 Å². The van der Waals surface area contributed by atoms with E-state index in [2.05, 4.69) is 11.1 Å². The molecule has 0 aliphatic carbocycles. The zero-order chi connectivity index (χ0) is 10.1. The molecule has 0 fully saturated rings. The Balaban J connectivity index is 2.51. The number of aryl methyl sites for hydroxylation is 2. The van der Waals surface area contributed by atoms with Crippen LogP contribution in [0.4, 0.5) is 5.69 Å². The second-order valence-electron chi connectivity index (χ2n) is 3.52. The lowest BCUT2D eigenvalue weighted by molar-refractivity contribution is 1.05. The quantitative estimate of drug-likeness (QED) is 0.694. The molecule has 0 bridgehead atoms. The highest BCUT2D eigenvalue weighted by molar-refractivity contribution is 5.50. The summed E-state index contributed by atoms with van der Waals surface area (Å²) >= 11 is 0. The molecular formula is C11H13N3. The number of nitrogen functional groups attached to an aromatic ring is 1. The van der Waals surface area contributed by atoms with Crippen molar-refractivity contribution in [3.05, 3.63) is 42.0 Å². The van der Waals surface area contributed by atoms with Crippen molar-refractivity contribution in [3.63, 3.8) is 0 Å². The maximum Gasteiger partial charge on any atom is 0.0995 e. The Hall–Kier alpha value is -1.77. The summed E-state index contributed by atoms with van der Waals surface area (Å²) in [6.07, 6.45) is 3.78. The van der Waals surface area contributed by atoms with Crippen LogP contribution in [0.5, 0.6) is 0 Å². The van der Waals surface area contributed by atoms with Gasteiger partial charge in [-0.2, -0.15) is 0 Å². The Labute approximate surface area is 83.2 Å². The van der Waals surface area contributed by atoms with Crippen LogP contribution in [0.3, 0.4) is 0 Å². The van der Waals surface area contributed by atoms with Crippen molar-refractivity contribution in [2.24, 2.45) is 0 Å². The fourth-order valence-electron chi connectivity index (χ4n) is 1.50. The molecule has 0 aliphatic heterocycles. The molecule has 3 heteroatoms. The third-order valence-corrected chi connectivity index (χ3v) is 2.09. The minimum Gasteiger partial charge on any atom is -0.399 e. The van der Waals surface area contributed by atoms with Gasteiger partial charge in [0.05, 0.1) is 12.0 Å². The zero-order valence-corrected chi connectivity index (χ0v) is 8.36. The molecule has 1 aromatic carbocycles. The molecule has 3 nitrogen and oxygen atoms in total. The molecule has 2 N–H and O–H groups in total. The van der Waals surface area contributed by atoms with Gasteiger partial charge in [0, 0.05) is 17.6 Å². The van der Waals surface area contributed by atoms with E-state index in [9.17, 15) is 0 Å². The summed E-state index contributed by atoms with van der Waals surface area (Å²) < 4.78 is 1.97. The molecule has 1 aromatic heterocycles. The van der Waals surface area contributed by atoms with Crippen LogP contribution in [0.25, 0.3) is 5.69 Å². The maximum absolute atomic E-state index is 5.77.